The van der Waals surface area contributed by atoms with E-state index in [-0.39, 0.29) is 0 Å². The third kappa shape index (κ3) is 2.47. The van der Waals surface area contributed by atoms with Crippen LogP contribution in [0.25, 0.3) is 0 Å². The molecule has 0 N–H and O–H groups in total. The molecule has 0 spiro atoms. The van der Waals surface area contributed by atoms with E-state index in [0.717, 1.165) is 26.2 Å². The summed E-state index contributed by atoms with van der Waals surface area (Å²) in [5.41, 5.74) is 0. The first-order valence-corrected chi connectivity index (χ1v) is 4.53. The average molecular weight is 167 g/mol. The van der Waals surface area contributed by atoms with Gasteiger partial charge in [-0.2, -0.15) is 5.26 Å². The molecule has 68 valence electrons. The van der Waals surface area contributed by atoms with Gasteiger partial charge in [-0.1, -0.05) is 0 Å². The molecule has 1 aliphatic heterocycles. The highest BCUT2D eigenvalue weighted by Crippen LogP contribution is 2.06. The fourth-order valence-electron chi connectivity index (χ4n) is 1.54. The SMILES string of the molecule is C[C@H]1CN(CCC#N)CCN1C. The highest BCUT2D eigenvalue weighted by Gasteiger charge is 2.19. The van der Waals surface area contributed by atoms with Crippen molar-refractivity contribution in [1.82, 2.24) is 9.80 Å². The molecule has 1 aliphatic rings. The summed E-state index contributed by atoms with van der Waals surface area (Å²) in [6.45, 7) is 6.53. The van der Waals surface area contributed by atoms with Gasteiger partial charge in [0.2, 0.25) is 0 Å². The molecule has 0 unspecified atom stereocenters. The minimum absolute atomic E-state index is 0.637. The highest BCUT2D eigenvalue weighted by molar-refractivity contribution is 4.79. The van der Waals surface area contributed by atoms with E-state index < -0.39 is 0 Å². The molecule has 0 saturated carbocycles. The lowest BCUT2D eigenvalue weighted by Crippen LogP contribution is -2.50. The molecule has 1 heterocycles. The third-order valence-corrected chi connectivity index (χ3v) is 2.58. The first-order chi connectivity index (χ1) is 5.74. The van der Waals surface area contributed by atoms with Crippen molar-refractivity contribution in [2.24, 2.45) is 0 Å². The third-order valence-electron chi connectivity index (χ3n) is 2.58. The zero-order valence-corrected chi connectivity index (χ0v) is 7.95. The Morgan fingerprint density at radius 2 is 2.25 bits per heavy atom. The Hall–Kier alpha value is -0.590. The van der Waals surface area contributed by atoms with Crippen LogP contribution >= 0.6 is 0 Å². The van der Waals surface area contributed by atoms with E-state index >= 15 is 0 Å². The maximum Gasteiger partial charge on any atom is 0.0635 e. The Kier molecular flexibility index (Phi) is 3.51. The topological polar surface area (TPSA) is 30.3 Å². The minimum Gasteiger partial charge on any atom is -0.301 e. The van der Waals surface area contributed by atoms with Gasteiger partial charge in [0, 0.05) is 38.6 Å². The van der Waals surface area contributed by atoms with E-state index in [1.54, 1.807) is 0 Å². The maximum atomic E-state index is 8.43. The summed E-state index contributed by atoms with van der Waals surface area (Å²) in [6.07, 6.45) is 0.663. The van der Waals surface area contributed by atoms with Gasteiger partial charge in [-0.15, -0.1) is 0 Å². The quantitative estimate of drug-likeness (QED) is 0.601. The van der Waals surface area contributed by atoms with Gasteiger partial charge in [-0.3, -0.25) is 4.90 Å². The number of nitriles is 1. The molecule has 1 atom stereocenters. The van der Waals surface area contributed by atoms with Crippen molar-refractivity contribution >= 4 is 0 Å². The van der Waals surface area contributed by atoms with Crippen molar-refractivity contribution < 1.29 is 0 Å². The fraction of sp³-hybridized carbons (Fsp3) is 0.889. The zero-order chi connectivity index (χ0) is 8.97. The number of hydrogen-bond donors (Lipinski definition) is 0. The normalized spacial score (nSPS) is 26.9. The lowest BCUT2D eigenvalue weighted by molar-refractivity contribution is 0.107. The molecule has 3 heteroatoms. The van der Waals surface area contributed by atoms with Crippen LogP contribution in [0.4, 0.5) is 0 Å². The molecule has 1 saturated heterocycles. The standard InChI is InChI=1S/C9H17N3/c1-9-8-12(5-3-4-10)7-6-11(9)2/h9H,3,5-8H2,1-2H3/t9-/m0/s1. The first-order valence-electron chi connectivity index (χ1n) is 4.53. The van der Waals surface area contributed by atoms with Crippen LogP contribution in [0.2, 0.25) is 0 Å². The van der Waals surface area contributed by atoms with Crippen LogP contribution in [-0.2, 0) is 0 Å². The highest BCUT2D eigenvalue weighted by atomic mass is 15.3. The molecular formula is C9H17N3. The minimum atomic E-state index is 0.637. The molecule has 0 radical (unpaired) electrons. The molecule has 0 aromatic heterocycles. The molecule has 1 rings (SSSR count). The summed E-state index contributed by atoms with van der Waals surface area (Å²) < 4.78 is 0. The summed E-state index contributed by atoms with van der Waals surface area (Å²) >= 11 is 0. The van der Waals surface area contributed by atoms with Gasteiger partial charge in [-0.25, -0.2) is 0 Å². The molecule has 0 amide bonds. The van der Waals surface area contributed by atoms with E-state index in [4.69, 9.17) is 5.26 Å². The van der Waals surface area contributed by atoms with Crippen molar-refractivity contribution in [3.05, 3.63) is 0 Å². The van der Waals surface area contributed by atoms with E-state index in [2.05, 4.69) is 29.8 Å². The number of hydrogen-bond acceptors (Lipinski definition) is 3. The summed E-state index contributed by atoms with van der Waals surface area (Å²) in [4.78, 5) is 4.73. The van der Waals surface area contributed by atoms with Crippen molar-refractivity contribution in [2.45, 2.75) is 19.4 Å². The van der Waals surface area contributed by atoms with E-state index in [0.29, 0.717) is 12.5 Å². The monoisotopic (exact) mass is 167 g/mol. The van der Waals surface area contributed by atoms with Gasteiger partial charge in [0.25, 0.3) is 0 Å². The Bertz CT molecular complexity index is 173. The van der Waals surface area contributed by atoms with Crippen LogP contribution in [0.3, 0.4) is 0 Å². The van der Waals surface area contributed by atoms with Gasteiger partial charge in [0.15, 0.2) is 0 Å². The van der Waals surface area contributed by atoms with Gasteiger partial charge in [-0.05, 0) is 14.0 Å². The Labute approximate surface area is 74.6 Å². The lowest BCUT2D eigenvalue weighted by atomic mass is 10.2. The maximum absolute atomic E-state index is 8.43. The second-order valence-corrected chi connectivity index (χ2v) is 3.54. The van der Waals surface area contributed by atoms with Crippen molar-refractivity contribution in [3.63, 3.8) is 0 Å². The van der Waals surface area contributed by atoms with E-state index in [1.165, 1.54) is 0 Å². The van der Waals surface area contributed by atoms with E-state index in [1.807, 2.05) is 0 Å². The zero-order valence-electron chi connectivity index (χ0n) is 7.95. The van der Waals surface area contributed by atoms with Gasteiger partial charge >= 0.3 is 0 Å². The van der Waals surface area contributed by atoms with Crippen LogP contribution in [0.15, 0.2) is 0 Å². The molecule has 0 aromatic rings. The number of piperazine rings is 1. The van der Waals surface area contributed by atoms with Gasteiger partial charge < -0.3 is 4.90 Å². The molecule has 0 aromatic carbocycles. The smallest absolute Gasteiger partial charge is 0.0635 e. The molecule has 12 heavy (non-hydrogen) atoms. The molecule has 3 nitrogen and oxygen atoms in total. The Morgan fingerprint density at radius 1 is 1.50 bits per heavy atom. The molecule has 0 bridgehead atoms. The second-order valence-electron chi connectivity index (χ2n) is 3.54. The van der Waals surface area contributed by atoms with Gasteiger partial charge in [0.05, 0.1) is 6.07 Å². The summed E-state index contributed by atoms with van der Waals surface area (Å²) in [6, 6.07) is 2.82. The fourth-order valence-corrected chi connectivity index (χ4v) is 1.54. The molecular weight excluding hydrogens is 150 g/mol. The summed E-state index contributed by atoms with van der Waals surface area (Å²) in [5.74, 6) is 0. The van der Waals surface area contributed by atoms with Gasteiger partial charge in [0.1, 0.15) is 0 Å². The lowest BCUT2D eigenvalue weighted by Gasteiger charge is -2.37. The summed E-state index contributed by atoms with van der Waals surface area (Å²) in [5, 5.41) is 8.43. The molecule has 0 aliphatic carbocycles. The first kappa shape index (κ1) is 9.50. The number of likely N-dealkylation sites (N-methyl/N-ethyl adjacent to an activating group) is 1. The van der Waals surface area contributed by atoms with Crippen molar-refractivity contribution in [1.29, 1.82) is 5.26 Å². The van der Waals surface area contributed by atoms with Crippen molar-refractivity contribution in [2.75, 3.05) is 33.2 Å². The van der Waals surface area contributed by atoms with Crippen LogP contribution in [0.5, 0.6) is 0 Å². The predicted octanol–water partition coefficient (Wildman–Crippen LogP) is 0.536. The predicted molar refractivity (Wildman–Crippen MR) is 48.8 cm³/mol. The van der Waals surface area contributed by atoms with E-state index in [9.17, 15) is 0 Å². The second kappa shape index (κ2) is 4.44. The van der Waals surface area contributed by atoms with Crippen LogP contribution in [-0.4, -0.2) is 49.1 Å². The Morgan fingerprint density at radius 3 is 2.83 bits per heavy atom. The number of nitrogens with zero attached hydrogens (tertiary/aromatic N) is 3. The Balaban J connectivity index is 2.26. The van der Waals surface area contributed by atoms with Crippen LogP contribution < -0.4 is 0 Å². The van der Waals surface area contributed by atoms with Crippen molar-refractivity contribution in [3.8, 4) is 6.07 Å². The number of rotatable bonds is 2. The van der Waals surface area contributed by atoms with Crippen LogP contribution in [0, 0.1) is 11.3 Å². The largest absolute Gasteiger partial charge is 0.301 e. The average Bonchev–Trinajstić information content (AvgIpc) is 2.07. The summed E-state index contributed by atoms with van der Waals surface area (Å²) in [7, 11) is 2.16. The van der Waals surface area contributed by atoms with Crippen LogP contribution in [0.1, 0.15) is 13.3 Å². The molecule has 1 fully saturated rings.